The maximum atomic E-state index is 12.5. The number of hydrogen-bond acceptors (Lipinski definition) is 12. The number of phenolic OH excluding ortho intramolecular Hbond substituents is 3. The van der Waals surface area contributed by atoms with Gasteiger partial charge in [0.15, 0.2) is 17.6 Å². The van der Waals surface area contributed by atoms with Gasteiger partial charge in [-0.1, -0.05) is 53.7 Å². The largest absolute Gasteiger partial charge is 0.508 e. The monoisotopic (exact) mass is 766 g/mol. The molecular formula is C41H50O10S2. The molecular weight excluding hydrogens is 717 g/mol. The smallest absolute Gasteiger partial charge is 0.207 e. The lowest BCUT2D eigenvalue weighted by atomic mass is 9.65. The molecule has 0 fully saturated rings. The molecule has 53 heavy (non-hydrogen) atoms. The molecule has 7 unspecified atom stereocenters. The first-order valence-electron chi connectivity index (χ1n) is 18.6. The quantitative estimate of drug-likeness (QED) is 0.0892. The summed E-state index contributed by atoms with van der Waals surface area (Å²) in [5, 5.41) is 67.3. The van der Waals surface area contributed by atoms with Crippen LogP contribution in [0.25, 0.3) is 11.1 Å². The Morgan fingerprint density at radius 3 is 2.49 bits per heavy atom. The Morgan fingerprint density at radius 1 is 0.925 bits per heavy atom. The Hall–Kier alpha value is -3.42. The van der Waals surface area contributed by atoms with Crippen LogP contribution in [-0.4, -0.2) is 81.3 Å². The third-order valence-electron chi connectivity index (χ3n) is 11.2. The van der Waals surface area contributed by atoms with Crippen molar-refractivity contribution < 1.29 is 49.6 Å². The summed E-state index contributed by atoms with van der Waals surface area (Å²) in [5.74, 6) is 0.516. The molecule has 7 atom stereocenters. The van der Waals surface area contributed by atoms with Crippen LogP contribution in [-0.2, 0) is 0 Å². The Morgan fingerprint density at radius 2 is 1.74 bits per heavy atom. The summed E-state index contributed by atoms with van der Waals surface area (Å²) in [6.07, 6.45) is 6.77. The molecule has 2 heterocycles. The first-order valence-corrected chi connectivity index (χ1v) is 21.0. The molecule has 0 aromatic heterocycles. The molecule has 0 saturated heterocycles. The van der Waals surface area contributed by atoms with E-state index in [2.05, 4.69) is 26.0 Å². The van der Waals surface area contributed by atoms with Crippen LogP contribution >= 0.6 is 21.6 Å². The number of benzene rings is 3. The fourth-order valence-electron chi connectivity index (χ4n) is 8.58. The van der Waals surface area contributed by atoms with Gasteiger partial charge < -0.3 is 49.6 Å². The number of aliphatic hydroxyl groups excluding tert-OH is 3. The van der Waals surface area contributed by atoms with Crippen LogP contribution in [0.5, 0.6) is 40.2 Å². The number of aliphatic hydroxyl groups is 3. The van der Waals surface area contributed by atoms with Gasteiger partial charge in [0, 0.05) is 45.6 Å². The Labute approximate surface area is 318 Å². The van der Waals surface area contributed by atoms with E-state index in [0.717, 1.165) is 59.9 Å². The lowest BCUT2D eigenvalue weighted by molar-refractivity contribution is 0.00260. The predicted molar refractivity (Wildman–Crippen MR) is 207 cm³/mol. The number of phenols is 3. The third kappa shape index (κ3) is 7.25. The lowest BCUT2D eigenvalue weighted by Crippen LogP contribution is -2.38. The van der Waals surface area contributed by atoms with Crippen LogP contribution in [0.3, 0.4) is 0 Å². The van der Waals surface area contributed by atoms with Crippen molar-refractivity contribution in [3.8, 4) is 51.4 Å². The van der Waals surface area contributed by atoms with Crippen molar-refractivity contribution in [2.75, 3.05) is 39.3 Å². The number of rotatable bonds is 10. The molecule has 3 aromatic carbocycles. The number of allylic oxidation sites excluding steroid dienone is 1. The van der Waals surface area contributed by atoms with E-state index in [1.807, 2.05) is 6.07 Å². The summed E-state index contributed by atoms with van der Waals surface area (Å²) in [6, 6.07) is 8.64. The van der Waals surface area contributed by atoms with Gasteiger partial charge in [-0.05, 0) is 84.7 Å². The minimum Gasteiger partial charge on any atom is -0.508 e. The topological polar surface area (TPSA) is 158 Å². The number of aromatic hydroxyl groups is 3. The van der Waals surface area contributed by atoms with E-state index in [-0.39, 0.29) is 60.0 Å². The summed E-state index contributed by atoms with van der Waals surface area (Å²) < 4.78 is 24.5. The summed E-state index contributed by atoms with van der Waals surface area (Å²) in [7, 11) is 4.83. The minimum absolute atomic E-state index is 0.0108. The first-order chi connectivity index (χ1) is 25.6. The van der Waals surface area contributed by atoms with E-state index in [9.17, 15) is 30.6 Å². The molecule has 0 spiro atoms. The van der Waals surface area contributed by atoms with E-state index < -0.39 is 24.0 Å². The fourth-order valence-corrected chi connectivity index (χ4v) is 11.5. The van der Waals surface area contributed by atoms with Crippen molar-refractivity contribution >= 4 is 21.6 Å². The van der Waals surface area contributed by atoms with Crippen LogP contribution in [0, 0.1) is 11.8 Å². The molecule has 286 valence electrons. The molecule has 2 aliphatic heterocycles. The van der Waals surface area contributed by atoms with Gasteiger partial charge in [0.2, 0.25) is 11.5 Å². The zero-order valence-electron chi connectivity index (χ0n) is 30.4. The van der Waals surface area contributed by atoms with Gasteiger partial charge in [0.1, 0.15) is 30.0 Å². The van der Waals surface area contributed by atoms with Crippen molar-refractivity contribution in [3.63, 3.8) is 0 Å². The average Bonchev–Trinajstić information content (AvgIpc) is 3.14. The van der Waals surface area contributed by atoms with Gasteiger partial charge in [0.05, 0.1) is 26.9 Å². The maximum absolute atomic E-state index is 12.5. The highest BCUT2D eigenvalue weighted by molar-refractivity contribution is 8.77. The Bertz CT molecular complexity index is 1830. The van der Waals surface area contributed by atoms with E-state index in [4.69, 9.17) is 18.9 Å². The lowest BCUT2D eigenvalue weighted by Gasteiger charge is -2.43. The van der Waals surface area contributed by atoms with Gasteiger partial charge in [-0.3, -0.25) is 0 Å². The van der Waals surface area contributed by atoms with Gasteiger partial charge in [-0.25, -0.2) is 0 Å². The third-order valence-corrected chi connectivity index (χ3v) is 14.0. The van der Waals surface area contributed by atoms with Crippen LogP contribution in [0.2, 0.25) is 0 Å². The summed E-state index contributed by atoms with van der Waals surface area (Å²) >= 11 is 0. The second kappa shape index (κ2) is 16.1. The molecule has 4 bridgehead atoms. The predicted octanol–water partition coefficient (Wildman–Crippen LogP) is 7.54. The van der Waals surface area contributed by atoms with E-state index in [1.54, 1.807) is 39.8 Å². The minimum atomic E-state index is -1.17. The van der Waals surface area contributed by atoms with Crippen molar-refractivity contribution in [2.45, 2.75) is 81.2 Å². The normalized spacial score (nSPS) is 26.1. The van der Waals surface area contributed by atoms with Gasteiger partial charge in [-0.15, -0.1) is 0 Å². The van der Waals surface area contributed by atoms with Crippen molar-refractivity contribution in [1.29, 1.82) is 0 Å². The van der Waals surface area contributed by atoms with Crippen molar-refractivity contribution in [1.82, 2.24) is 0 Å². The Kier molecular flexibility index (Phi) is 11.5. The molecule has 0 saturated carbocycles. The molecule has 6 N–H and O–H groups in total. The molecule has 3 aromatic rings. The summed E-state index contributed by atoms with van der Waals surface area (Å²) in [4.78, 5) is 0. The van der Waals surface area contributed by atoms with E-state index in [0.29, 0.717) is 40.9 Å². The van der Waals surface area contributed by atoms with E-state index >= 15 is 0 Å². The number of methoxy groups -OCH3 is 1. The van der Waals surface area contributed by atoms with Gasteiger partial charge >= 0.3 is 0 Å². The van der Waals surface area contributed by atoms with Crippen LogP contribution < -0.4 is 18.9 Å². The van der Waals surface area contributed by atoms with Crippen LogP contribution in [0.15, 0.2) is 42.5 Å². The highest BCUT2D eigenvalue weighted by Crippen LogP contribution is 2.61. The second-order valence-corrected chi connectivity index (χ2v) is 17.6. The Balaban J connectivity index is 1.44. The standard InChI is InChI=1S/C41H50O10S2/c1-21(2)11-13-49-33-17-28(37(45)41(48-3)39(33)47)40-38(46)30-20-52-53-24-6-4-5-22(15-24)7-9-25-27-16-23(44)8-10-26(27)34-31(50-14-12-42)18-32(51-40)35(30)36(34)29(25)19-43/h4,6,8,10,16-18,21-22,24-25,29-30,38,40,42-47H,5,7,9,11-15,19-20H2,1-3H3. The molecule has 12 heteroatoms. The summed E-state index contributed by atoms with van der Waals surface area (Å²) in [5.41, 5.74) is 4.37. The molecule has 0 radical (unpaired) electrons. The summed E-state index contributed by atoms with van der Waals surface area (Å²) in [6.45, 7) is 4.07. The second-order valence-electron chi connectivity index (χ2n) is 14.9. The highest BCUT2D eigenvalue weighted by Gasteiger charge is 2.47. The van der Waals surface area contributed by atoms with Crippen LogP contribution in [0.1, 0.15) is 92.1 Å². The number of hydrogen-bond donors (Lipinski definition) is 6. The number of ether oxygens (including phenoxy) is 4. The number of fused-ring (bicyclic) bond motifs is 6. The molecule has 7 rings (SSSR count). The van der Waals surface area contributed by atoms with Crippen molar-refractivity contribution in [2.24, 2.45) is 11.8 Å². The molecule has 2 aliphatic carbocycles. The fraction of sp³-hybridized carbons (Fsp3) is 0.512. The van der Waals surface area contributed by atoms with E-state index in [1.165, 1.54) is 13.2 Å². The first kappa shape index (κ1) is 37.9. The molecule has 4 aliphatic rings. The maximum Gasteiger partial charge on any atom is 0.207 e. The van der Waals surface area contributed by atoms with Gasteiger partial charge in [0.25, 0.3) is 0 Å². The molecule has 10 nitrogen and oxygen atoms in total. The zero-order chi connectivity index (χ0) is 37.4. The van der Waals surface area contributed by atoms with Crippen LogP contribution in [0.4, 0.5) is 0 Å². The molecule has 0 amide bonds. The highest BCUT2D eigenvalue weighted by atomic mass is 33.1. The zero-order valence-corrected chi connectivity index (χ0v) is 32.0. The van der Waals surface area contributed by atoms with Crippen molar-refractivity contribution in [3.05, 3.63) is 64.7 Å². The SMILES string of the molecule is COc1c(O)c(OCCC(C)C)cc(C2Oc3cc(OCCO)c4c5c3C(CSSC3C=CCC(CCC(c6cc(O)ccc6-4)C5CO)C3)C2O)c1O. The average molecular weight is 767 g/mol. The van der Waals surface area contributed by atoms with Gasteiger partial charge in [-0.2, -0.15) is 0 Å².